The van der Waals surface area contributed by atoms with Gasteiger partial charge in [-0.2, -0.15) is 0 Å². The molecule has 0 heterocycles. The molecule has 0 aliphatic heterocycles. The molecular weight excluding hydrogens is 346 g/mol. The lowest BCUT2D eigenvalue weighted by atomic mass is 9.66. The summed E-state index contributed by atoms with van der Waals surface area (Å²) in [5.41, 5.74) is -1.46. The van der Waals surface area contributed by atoms with Crippen molar-refractivity contribution in [3.05, 3.63) is 35.9 Å². The van der Waals surface area contributed by atoms with Crippen LogP contribution < -0.4 is 5.32 Å². The van der Waals surface area contributed by atoms with E-state index in [1.165, 1.54) is 0 Å². The maximum atomic E-state index is 13.0. The van der Waals surface area contributed by atoms with Gasteiger partial charge < -0.3 is 14.8 Å². The van der Waals surface area contributed by atoms with E-state index in [4.69, 9.17) is 9.47 Å². The molecular formula is C21H29NO5. The second kappa shape index (κ2) is 8.55. The number of alkyl carbamates (subject to hydrolysis) is 1. The highest BCUT2D eigenvalue weighted by molar-refractivity contribution is 6.05. The van der Waals surface area contributed by atoms with E-state index < -0.39 is 29.1 Å². The van der Waals surface area contributed by atoms with Crippen molar-refractivity contribution in [1.82, 2.24) is 5.32 Å². The molecule has 27 heavy (non-hydrogen) atoms. The van der Waals surface area contributed by atoms with Gasteiger partial charge in [-0.05, 0) is 46.1 Å². The number of rotatable bonds is 5. The number of hydrogen-bond donors (Lipinski definition) is 1. The van der Waals surface area contributed by atoms with Crippen molar-refractivity contribution in [3.63, 3.8) is 0 Å². The number of Topliss-reactive ketones (excluding diaryl/α,β-unsaturated/α-hetero) is 1. The van der Waals surface area contributed by atoms with E-state index in [-0.39, 0.29) is 18.8 Å². The van der Waals surface area contributed by atoms with E-state index in [0.717, 1.165) is 6.42 Å². The monoisotopic (exact) mass is 375 g/mol. The first kappa shape index (κ1) is 20.9. The number of ketones is 1. The van der Waals surface area contributed by atoms with Crippen LogP contribution in [0.25, 0.3) is 0 Å². The molecule has 2 atom stereocenters. The van der Waals surface area contributed by atoms with Gasteiger partial charge in [-0.15, -0.1) is 0 Å². The highest BCUT2D eigenvalue weighted by atomic mass is 16.6. The Kier molecular flexibility index (Phi) is 6.63. The van der Waals surface area contributed by atoms with E-state index in [1.807, 2.05) is 18.2 Å². The summed E-state index contributed by atoms with van der Waals surface area (Å²) in [5, 5.41) is 2.79. The Morgan fingerprint density at radius 1 is 1.19 bits per heavy atom. The fraction of sp³-hybridized carbons (Fsp3) is 0.571. The Bertz CT molecular complexity index is 680. The van der Waals surface area contributed by atoms with Crippen molar-refractivity contribution in [2.75, 3.05) is 6.61 Å². The van der Waals surface area contributed by atoms with Gasteiger partial charge in [0.15, 0.2) is 11.2 Å². The van der Waals surface area contributed by atoms with Gasteiger partial charge in [-0.3, -0.25) is 9.59 Å². The third kappa shape index (κ3) is 4.87. The van der Waals surface area contributed by atoms with Crippen molar-refractivity contribution in [2.45, 2.75) is 65.0 Å². The number of hydrogen-bond acceptors (Lipinski definition) is 5. The van der Waals surface area contributed by atoms with Crippen LogP contribution in [0.15, 0.2) is 30.3 Å². The fourth-order valence-electron chi connectivity index (χ4n) is 3.51. The summed E-state index contributed by atoms with van der Waals surface area (Å²) in [6.45, 7) is 7.16. The maximum Gasteiger partial charge on any atom is 0.408 e. The molecule has 1 aliphatic carbocycles. The highest BCUT2D eigenvalue weighted by Crippen LogP contribution is 2.45. The summed E-state index contributed by atoms with van der Waals surface area (Å²) < 4.78 is 10.7. The van der Waals surface area contributed by atoms with Crippen molar-refractivity contribution in [2.24, 2.45) is 5.41 Å². The molecule has 0 saturated heterocycles. The van der Waals surface area contributed by atoms with E-state index in [0.29, 0.717) is 18.4 Å². The minimum absolute atomic E-state index is 0.168. The SMILES string of the molecule is CCOC(=O)[C@]1([C@H](NC(=O)OC(C)(C)C)c2ccccc2)CCCCC1=O. The summed E-state index contributed by atoms with van der Waals surface area (Å²) in [7, 11) is 0. The van der Waals surface area contributed by atoms with Crippen LogP contribution in [0.1, 0.15) is 65.0 Å². The van der Waals surface area contributed by atoms with E-state index in [9.17, 15) is 14.4 Å². The molecule has 2 rings (SSSR count). The van der Waals surface area contributed by atoms with Crippen LogP contribution in [0.3, 0.4) is 0 Å². The van der Waals surface area contributed by atoms with Crippen LogP contribution >= 0.6 is 0 Å². The van der Waals surface area contributed by atoms with Crippen LogP contribution in [-0.2, 0) is 19.1 Å². The third-order valence-corrected chi connectivity index (χ3v) is 4.65. The standard InChI is InChI=1S/C21H29NO5/c1-5-26-18(24)21(14-10-9-13-16(21)23)17(15-11-7-6-8-12-15)22-19(25)27-20(2,3)4/h6-8,11-12,17H,5,9-10,13-14H2,1-4H3,(H,22,25)/t17-,21-/m1/s1. The summed E-state index contributed by atoms with van der Waals surface area (Å²) in [6.07, 6.45) is 1.40. The minimum atomic E-state index is -1.44. The molecule has 1 aromatic rings. The predicted octanol–water partition coefficient (Wildman–Crippen LogP) is 3.95. The molecule has 1 N–H and O–H groups in total. The van der Waals surface area contributed by atoms with E-state index in [2.05, 4.69) is 5.32 Å². The first-order valence-corrected chi connectivity index (χ1v) is 9.45. The predicted molar refractivity (Wildman–Crippen MR) is 101 cm³/mol. The summed E-state index contributed by atoms with van der Waals surface area (Å²) in [4.78, 5) is 38.5. The lowest BCUT2D eigenvalue weighted by molar-refractivity contribution is -0.164. The molecule has 1 fully saturated rings. The van der Waals surface area contributed by atoms with Gasteiger partial charge in [-0.25, -0.2) is 4.79 Å². The van der Waals surface area contributed by atoms with E-state index in [1.54, 1.807) is 39.8 Å². The Balaban J connectivity index is 2.49. The molecule has 1 amide bonds. The summed E-state index contributed by atoms with van der Waals surface area (Å²) in [5.74, 6) is -0.781. The summed E-state index contributed by atoms with van der Waals surface area (Å²) in [6, 6.07) is 8.21. The molecule has 1 aliphatic rings. The zero-order chi connectivity index (χ0) is 20.1. The number of carbonyl (C=O) groups excluding carboxylic acids is 3. The zero-order valence-electron chi connectivity index (χ0n) is 16.5. The van der Waals surface area contributed by atoms with Gasteiger partial charge in [-0.1, -0.05) is 36.8 Å². The second-order valence-corrected chi connectivity index (χ2v) is 7.81. The Morgan fingerprint density at radius 3 is 2.41 bits per heavy atom. The topological polar surface area (TPSA) is 81.7 Å². The van der Waals surface area contributed by atoms with Crippen LogP contribution in [0.5, 0.6) is 0 Å². The minimum Gasteiger partial charge on any atom is -0.465 e. The van der Waals surface area contributed by atoms with Crippen molar-refractivity contribution < 1.29 is 23.9 Å². The molecule has 1 saturated carbocycles. The molecule has 1 aromatic carbocycles. The number of benzene rings is 1. The molecule has 148 valence electrons. The quantitative estimate of drug-likeness (QED) is 0.622. The molecule has 6 heteroatoms. The van der Waals surface area contributed by atoms with E-state index >= 15 is 0 Å². The zero-order valence-corrected chi connectivity index (χ0v) is 16.5. The normalized spacial score (nSPS) is 21.3. The van der Waals surface area contributed by atoms with Gasteiger partial charge in [0.2, 0.25) is 0 Å². The second-order valence-electron chi connectivity index (χ2n) is 7.81. The van der Waals surface area contributed by atoms with Gasteiger partial charge >= 0.3 is 12.1 Å². The fourth-order valence-corrected chi connectivity index (χ4v) is 3.51. The first-order valence-electron chi connectivity index (χ1n) is 9.45. The highest BCUT2D eigenvalue weighted by Gasteiger charge is 2.55. The Labute approximate surface area is 160 Å². The van der Waals surface area contributed by atoms with Crippen molar-refractivity contribution in [1.29, 1.82) is 0 Å². The molecule has 6 nitrogen and oxygen atoms in total. The molecule has 0 unspecified atom stereocenters. The average molecular weight is 375 g/mol. The van der Waals surface area contributed by atoms with Crippen LogP contribution in [0.2, 0.25) is 0 Å². The van der Waals surface area contributed by atoms with Crippen molar-refractivity contribution >= 4 is 17.8 Å². The van der Waals surface area contributed by atoms with Crippen LogP contribution in [0, 0.1) is 5.41 Å². The number of nitrogens with one attached hydrogen (secondary N) is 1. The number of amides is 1. The van der Waals surface area contributed by atoms with Crippen LogP contribution in [-0.4, -0.2) is 30.1 Å². The Hall–Kier alpha value is -2.37. The van der Waals surface area contributed by atoms with Gasteiger partial charge in [0.25, 0.3) is 0 Å². The smallest absolute Gasteiger partial charge is 0.408 e. The van der Waals surface area contributed by atoms with Gasteiger partial charge in [0.1, 0.15) is 5.60 Å². The third-order valence-electron chi connectivity index (χ3n) is 4.65. The molecule has 0 bridgehead atoms. The average Bonchev–Trinajstić information content (AvgIpc) is 2.60. The van der Waals surface area contributed by atoms with Crippen molar-refractivity contribution in [3.8, 4) is 0 Å². The first-order chi connectivity index (χ1) is 12.7. The lowest BCUT2D eigenvalue weighted by Crippen LogP contribution is -2.53. The Morgan fingerprint density at radius 2 is 1.85 bits per heavy atom. The van der Waals surface area contributed by atoms with Gasteiger partial charge in [0.05, 0.1) is 12.6 Å². The number of esters is 1. The largest absolute Gasteiger partial charge is 0.465 e. The maximum absolute atomic E-state index is 13.0. The molecule has 0 spiro atoms. The number of carbonyl (C=O) groups is 3. The summed E-state index contributed by atoms with van der Waals surface area (Å²) >= 11 is 0. The van der Waals surface area contributed by atoms with Gasteiger partial charge in [0, 0.05) is 6.42 Å². The molecule has 0 radical (unpaired) electrons. The molecule has 0 aromatic heterocycles. The number of ether oxygens (including phenoxy) is 2. The lowest BCUT2D eigenvalue weighted by Gasteiger charge is -2.40. The van der Waals surface area contributed by atoms with Crippen LogP contribution in [0.4, 0.5) is 4.79 Å².